The summed E-state index contributed by atoms with van der Waals surface area (Å²) in [6.07, 6.45) is 4.36. The summed E-state index contributed by atoms with van der Waals surface area (Å²) < 4.78 is 16.6. The van der Waals surface area contributed by atoms with Crippen LogP contribution in [-0.2, 0) is 28.6 Å². The third-order valence-electron chi connectivity index (χ3n) is 7.93. The summed E-state index contributed by atoms with van der Waals surface area (Å²) in [6.45, 7) is 6.80. The second-order valence-electron chi connectivity index (χ2n) is 11.6. The van der Waals surface area contributed by atoms with Crippen LogP contribution in [0.1, 0.15) is 51.0 Å². The van der Waals surface area contributed by atoms with Crippen LogP contribution in [0.2, 0.25) is 0 Å². The second-order valence-corrected chi connectivity index (χ2v) is 11.6. The highest BCUT2D eigenvalue weighted by atomic mass is 16.6. The Morgan fingerprint density at radius 1 is 1.11 bits per heavy atom. The molecule has 13 heteroatoms. The predicted octanol–water partition coefficient (Wildman–Crippen LogP) is 2.59. The Morgan fingerprint density at radius 3 is 2.45 bits per heavy atom. The third-order valence-corrected chi connectivity index (χ3v) is 7.93. The Balaban J connectivity index is 2.09. The number of rotatable bonds is 5. The summed E-state index contributed by atoms with van der Waals surface area (Å²) in [7, 11) is 2.86. The minimum atomic E-state index is -1.04. The van der Waals surface area contributed by atoms with Crippen LogP contribution in [0, 0.1) is 11.8 Å². The van der Waals surface area contributed by atoms with Crippen molar-refractivity contribution in [1.82, 2.24) is 15.6 Å². The number of pyridine rings is 1. The van der Waals surface area contributed by atoms with Crippen molar-refractivity contribution < 1.29 is 43.3 Å². The number of hydrogen-bond acceptors (Lipinski definition) is 10. The summed E-state index contributed by atoms with van der Waals surface area (Å²) in [5.74, 6) is -3.52. The lowest BCUT2D eigenvalue weighted by molar-refractivity contribution is -0.120. The Kier molecular flexibility index (Phi) is 13.1. The topological polar surface area (TPSA) is 196 Å². The molecule has 3 amide bonds. The first-order chi connectivity index (χ1) is 22.3. The molecule has 0 aromatic carbocycles. The highest BCUT2D eigenvalue weighted by Gasteiger charge is 2.34. The van der Waals surface area contributed by atoms with Crippen molar-refractivity contribution in [3.8, 4) is 0 Å². The van der Waals surface area contributed by atoms with Gasteiger partial charge in [0, 0.05) is 43.6 Å². The molecule has 1 aliphatic heterocycles. The van der Waals surface area contributed by atoms with E-state index in [2.05, 4.69) is 15.6 Å². The van der Waals surface area contributed by atoms with Crippen LogP contribution >= 0.6 is 0 Å². The van der Waals surface area contributed by atoms with Gasteiger partial charge in [-0.05, 0) is 50.3 Å². The Bertz CT molecular complexity index is 1530. The van der Waals surface area contributed by atoms with Gasteiger partial charge in [0.1, 0.15) is 11.8 Å². The average Bonchev–Trinajstić information content (AvgIpc) is 3.04. The summed E-state index contributed by atoms with van der Waals surface area (Å²) >= 11 is 0. The lowest BCUT2D eigenvalue weighted by atomic mass is 9.85. The highest BCUT2D eigenvalue weighted by molar-refractivity contribution is 6.24. The molecule has 13 nitrogen and oxygen atoms in total. The lowest BCUT2D eigenvalue weighted by Gasteiger charge is -2.30. The standard InChI is InChI=1S/C34H42N4O9/c1-18-14-22-28(38-33(43)23-11-7-8-13-36-23)25(39)17-24(30(22)41)37-32(42)19(2)10-9-12-26(45-5)31(47-34(35)44)21(4)16-20(3)29(40)27(15-18)46-6/h7-13,16-18,20,26-27,29,31,40H,14-15H2,1-6H3,(H2,35,44)(H,37,42)(H,38,43)/b12-9-,19-10+,21-16+/t18-,20+,26+,27+,29-,31-/m1/s1. The lowest BCUT2D eigenvalue weighted by Crippen LogP contribution is -2.38. The van der Waals surface area contributed by atoms with Crippen LogP contribution in [0.5, 0.6) is 0 Å². The molecule has 1 aromatic heterocycles. The zero-order chi connectivity index (χ0) is 34.8. The van der Waals surface area contributed by atoms with Crippen LogP contribution in [0.15, 0.2) is 82.9 Å². The first-order valence-corrected chi connectivity index (χ1v) is 15.1. The number of aliphatic hydroxyl groups is 1. The monoisotopic (exact) mass is 650 g/mol. The zero-order valence-corrected chi connectivity index (χ0v) is 27.3. The van der Waals surface area contributed by atoms with Crippen molar-refractivity contribution in [2.75, 3.05) is 14.2 Å². The molecular formula is C34H42N4O9. The summed E-state index contributed by atoms with van der Waals surface area (Å²) in [6, 6.07) is 4.71. The molecule has 0 fully saturated rings. The molecule has 1 aliphatic carbocycles. The maximum atomic E-state index is 13.8. The second kappa shape index (κ2) is 16.7. The number of allylic oxidation sites excluding steroid dienone is 4. The van der Waals surface area contributed by atoms with Crippen molar-refractivity contribution in [3.05, 3.63) is 88.6 Å². The van der Waals surface area contributed by atoms with Gasteiger partial charge < -0.3 is 35.7 Å². The zero-order valence-electron chi connectivity index (χ0n) is 27.3. The summed E-state index contributed by atoms with van der Waals surface area (Å²) in [4.78, 5) is 69.0. The molecular weight excluding hydrogens is 608 g/mol. The molecule has 1 aromatic rings. The van der Waals surface area contributed by atoms with E-state index in [0.29, 0.717) is 5.57 Å². The van der Waals surface area contributed by atoms with Crippen molar-refractivity contribution in [2.45, 2.75) is 65.0 Å². The van der Waals surface area contributed by atoms with E-state index in [1.165, 1.54) is 45.6 Å². The number of nitrogens with zero attached hydrogens (tertiary/aromatic N) is 1. The maximum absolute atomic E-state index is 13.8. The number of ketones is 2. The number of Topliss-reactive ketones (excluding diaryl/α,β-unsaturated/α-hetero) is 1. The number of fused-ring (bicyclic) bond motifs is 2. The minimum Gasteiger partial charge on any atom is -0.439 e. The molecule has 0 radical (unpaired) electrons. The fourth-order valence-corrected chi connectivity index (χ4v) is 5.40. The van der Waals surface area contributed by atoms with Gasteiger partial charge in [-0.1, -0.05) is 44.2 Å². The van der Waals surface area contributed by atoms with E-state index in [0.717, 1.165) is 6.08 Å². The molecule has 2 heterocycles. The van der Waals surface area contributed by atoms with Crippen molar-refractivity contribution >= 4 is 29.5 Å². The highest BCUT2D eigenvalue weighted by Crippen LogP contribution is 2.29. The largest absolute Gasteiger partial charge is 0.439 e. The number of ether oxygens (including phenoxy) is 3. The van der Waals surface area contributed by atoms with Gasteiger partial charge in [-0.25, -0.2) is 4.79 Å². The Morgan fingerprint density at radius 2 is 1.83 bits per heavy atom. The normalized spacial score (nSPS) is 29.4. The van der Waals surface area contributed by atoms with Gasteiger partial charge in [-0.2, -0.15) is 0 Å². The van der Waals surface area contributed by atoms with Gasteiger partial charge in [0.15, 0.2) is 6.10 Å². The Hall–Kier alpha value is -4.72. The molecule has 0 unspecified atom stereocenters. The van der Waals surface area contributed by atoms with Gasteiger partial charge >= 0.3 is 6.09 Å². The molecule has 5 N–H and O–H groups in total. The van der Waals surface area contributed by atoms with Crippen LogP contribution in [0.3, 0.4) is 0 Å². The van der Waals surface area contributed by atoms with E-state index in [4.69, 9.17) is 19.9 Å². The average molecular weight is 651 g/mol. The number of carbonyl (C=O) groups is 5. The molecule has 0 saturated carbocycles. The van der Waals surface area contributed by atoms with E-state index in [-0.39, 0.29) is 47.0 Å². The quantitative estimate of drug-likeness (QED) is 0.272. The maximum Gasteiger partial charge on any atom is 0.405 e. The van der Waals surface area contributed by atoms with E-state index in [1.807, 2.05) is 6.92 Å². The van der Waals surface area contributed by atoms with E-state index >= 15 is 0 Å². The van der Waals surface area contributed by atoms with Gasteiger partial charge in [0.25, 0.3) is 11.8 Å². The number of methoxy groups -OCH3 is 2. The smallest absolute Gasteiger partial charge is 0.405 e. The molecule has 2 bridgehead atoms. The Labute approximate surface area is 273 Å². The molecule has 3 rings (SSSR count). The van der Waals surface area contributed by atoms with Crippen molar-refractivity contribution in [2.24, 2.45) is 17.6 Å². The number of aromatic nitrogens is 1. The minimum absolute atomic E-state index is 0.00699. The number of primary amides is 1. The first kappa shape index (κ1) is 36.7. The van der Waals surface area contributed by atoms with Gasteiger partial charge in [0.2, 0.25) is 11.6 Å². The molecule has 0 saturated heterocycles. The van der Waals surface area contributed by atoms with Crippen molar-refractivity contribution in [3.63, 3.8) is 0 Å². The summed E-state index contributed by atoms with van der Waals surface area (Å²) in [5, 5.41) is 16.4. The van der Waals surface area contributed by atoms with Gasteiger partial charge in [-0.3, -0.25) is 24.2 Å². The predicted molar refractivity (Wildman–Crippen MR) is 171 cm³/mol. The van der Waals surface area contributed by atoms with E-state index < -0.39 is 59.8 Å². The van der Waals surface area contributed by atoms with Crippen molar-refractivity contribution in [1.29, 1.82) is 0 Å². The first-order valence-electron chi connectivity index (χ1n) is 15.1. The molecule has 6 atom stereocenters. The van der Waals surface area contributed by atoms with Gasteiger partial charge in [0.05, 0.1) is 23.6 Å². The summed E-state index contributed by atoms with van der Waals surface area (Å²) in [5.41, 5.74) is 5.64. The SMILES string of the molecule is CO[C@H]1/C=C\C=C(/C)C(=O)NC2=CC(=O)C(NC(=O)c3ccccn3)=C(C[C@@H](C)C[C@H](OC)[C@H](O)[C@@H](C)/C=C(\C)[C@H]1OC(N)=O)C2=O. The number of carbonyl (C=O) groups excluding carboxylic acids is 5. The van der Waals surface area contributed by atoms with Crippen LogP contribution in [0.25, 0.3) is 0 Å². The number of nitrogens with one attached hydrogen (secondary N) is 2. The molecule has 2 aliphatic rings. The van der Waals surface area contributed by atoms with E-state index in [1.54, 1.807) is 38.1 Å². The number of aliphatic hydroxyl groups excluding tert-OH is 1. The molecule has 0 spiro atoms. The third kappa shape index (κ3) is 9.64. The fourth-order valence-electron chi connectivity index (χ4n) is 5.40. The van der Waals surface area contributed by atoms with Crippen LogP contribution in [0.4, 0.5) is 4.79 Å². The number of nitrogens with two attached hydrogens (primary N) is 1. The number of amides is 3. The number of hydrogen-bond donors (Lipinski definition) is 4. The molecule has 252 valence electrons. The van der Waals surface area contributed by atoms with Gasteiger partial charge in [-0.15, -0.1) is 0 Å². The van der Waals surface area contributed by atoms with Crippen LogP contribution < -0.4 is 16.4 Å². The molecule has 47 heavy (non-hydrogen) atoms. The van der Waals surface area contributed by atoms with E-state index in [9.17, 15) is 29.1 Å². The fraction of sp³-hybridized carbons (Fsp3) is 0.412. The van der Waals surface area contributed by atoms with Crippen LogP contribution in [-0.4, -0.2) is 78.2 Å².